The average Bonchev–Trinajstić information content (AvgIpc) is 3.20. The number of carbonyl (C=O) groups excluding carboxylic acids is 3. The van der Waals surface area contributed by atoms with Gasteiger partial charge in [-0.05, 0) is 25.0 Å². The second kappa shape index (κ2) is 9.03. The minimum atomic E-state index is -0.184. The number of amides is 2. The standard InChI is InChI=1S/C16H21ClN2O3S/c17-14-7-6-13(23-14)12(20)5-8-15(21)18-9-10-19-16(22)11-3-1-2-4-11/h6-7,11H,1-5,8-10H2,(H,18,21)(H,19,22). The van der Waals surface area contributed by atoms with Gasteiger partial charge >= 0.3 is 0 Å². The molecular weight excluding hydrogens is 336 g/mol. The molecule has 7 heteroatoms. The summed E-state index contributed by atoms with van der Waals surface area (Å²) in [4.78, 5) is 35.9. The maximum atomic E-state index is 11.8. The first kappa shape index (κ1) is 17.9. The maximum absolute atomic E-state index is 11.8. The first-order valence-electron chi connectivity index (χ1n) is 7.89. The van der Waals surface area contributed by atoms with Crippen molar-refractivity contribution in [2.45, 2.75) is 38.5 Å². The van der Waals surface area contributed by atoms with Crippen molar-refractivity contribution in [3.8, 4) is 0 Å². The maximum Gasteiger partial charge on any atom is 0.223 e. The smallest absolute Gasteiger partial charge is 0.223 e. The molecule has 5 nitrogen and oxygen atoms in total. The van der Waals surface area contributed by atoms with Crippen molar-refractivity contribution in [2.24, 2.45) is 5.92 Å². The third kappa shape index (κ3) is 5.95. The molecule has 0 saturated heterocycles. The van der Waals surface area contributed by atoms with Crippen LogP contribution in [0.1, 0.15) is 48.2 Å². The van der Waals surface area contributed by atoms with E-state index < -0.39 is 0 Å². The summed E-state index contributed by atoms with van der Waals surface area (Å²) in [6.07, 6.45) is 4.48. The van der Waals surface area contributed by atoms with Gasteiger partial charge in [0.25, 0.3) is 0 Å². The fourth-order valence-electron chi connectivity index (χ4n) is 2.62. The van der Waals surface area contributed by atoms with Crippen molar-refractivity contribution in [3.63, 3.8) is 0 Å². The highest BCUT2D eigenvalue weighted by Crippen LogP contribution is 2.24. The molecule has 0 aliphatic heterocycles. The molecule has 1 aliphatic rings. The normalized spacial score (nSPS) is 14.7. The van der Waals surface area contributed by atoms with Crippen LogP contribution in [0.3, 0.4) is 0 Å². The molecule has 1 aromatic rings. The zero-order valence-corrected chi connectivity index (χ0v) is 14.5. The molecule has 1 saturated carbocycles. The van der Waals surface area contributed by atoms with Gasteiger partial charge < -0.3 is 10.6 Å². The number of rotatable bonds is 8. The zero-order valence-electron chi connectivity index (χ0n) is 12.9. The van der Waals surface area contributed by atoms with Crippen LogP contribution in [-0.4, -0.2) is 30.7 Å². The van der Waals surface area contributed by atoms with Crippen LogP contribution in [0.25, 0.3) is 0 Å². The second-order valence-corrected chi connectivity index (χ2v) is 7.36. The van der Waals surface area contributed by atoms with E-state index in [1.165, 1.54) is 11.3 Å². The molecule has 0 unspecified atom stereocenters. The average molecular weight is 357 g/mol. The van der Waals surface area contributed by atoms with Crippen LogP contribution in [0, 0.1) is 5.92 Å². The van der Waals surface area contributed by atoms with Gasteiger partial charge in [-0.2, -0.15) is 0 Å². The van der Waals surface area contributed by atoms with Crippen molar-refractivity contribution in [1.82, 2.24) is 10.6 Å². The Morgan fingerprint density at radius 1 is 1.09 bits per heavy atom. The third-order valence-electron chi connectivity index (χ3n) is 3.90. The van der Waals surface area contributed by atoms with Crippen LogP contribution in [-0.2, 0) is 9.59 Å². The molecule has 1 aromatic heterocycles. The Morgan fingerprint density at radius 2 is 1.78 bits per heavy atom. The van der Waals surface area contributed by atoms with Gasteiger partial charge in [-0.3, -0.25) is 14.4 Å². The molecule has 23 heavy (non-hydrogen) atoms. The van der Waals surface area contributed by atoms with Gasteiger partial charge in [0.15, 0.2) is 5.78 Å². The molecule has 0 aromatic carbocycles. The van der Waals surface area contributed by atoms with Gasteiger partial charge in [0.05, 0.1) is 9.21 Å². The Labute approximate surface area is 144 Å². The molecule has 2 amide bonds. The van der Waals surface area contributed by atoms with E-state index in [0.29, 0.717) is 22.3 Å². The summed E-state index contributed by atoms with van der Waals surface area (Å²) < 4.78 is 0.566. The molecule has 0 bridgehead atoms. The third-order valence-corrected chi connectivity index (χ3v) is 5.17. The highest BCUT2D eigenvalue weighted by atomic mass is 35.5. The van der Waals surface area contributed by atoms with Crippen LogP contribution >= 0.6 is 22.9 Å². The molecule has 0 atom stereocenters. The van der Waals surface area contributed by atoms with E-state index in [0.717, 1.165) is 25.7 Å². The molecule has 0 spiro atoms. The molecule has 0 radical (unpaired) electrons. The van der Waals surface area contributed by atoms with E-state index in [9.17, 15) is 14.4 Å². The van der Waals surface area contributed by atoms with Gasteiger partial charge in [0.2, 0.25) is 11.8 Å². The number of nitrogens with one attached hydrogen (secondary N) is 2. The van der Waals surface area contributed by atoms with Gasteiger partial charge in [-0.25, -0.2) is 0 Å². The molecule has 126 valence electrons. The van der Waals surface area contributed by atoms with E-state index >= 15 is 0 Å². The summed E-state index contributed by atoms with van der Waals surface area (Å²) in [5.74, 6) is -0.0369. The molecular formula is C16H21ClN2O3S. The number of Topliss-reactive ketones (excluding diaryl/α,β-unsaturated/α-hetero) is 1. The second-order valence-electron chi connectivity index (χ2n) is 5.65. The van der Waals surface area contributed by atoms with Gasteiger partial charge in [-0.15, -0.1) is 11.3 Å². The molecule has 1 aliphatic carbocycles. The van der Waals surface area contributed by atoms with Crippen LogP contribution in [0.4, 0.5) is 0 Å². The summed E-state index contributed by atoms with van der Waals surface area (Å²) in [6, 6.07) is 3.35. The Balaban J connectivity index is 1.56. The number of hydrogen-bond donors (Lipinski definition) is 2. The SMILES string of the molecule is O=C(CCC(=O)c1ccc(Cl)s1)NCCNC(=O)C1CCCC1. The minimum Gasteiger partial charge on any atom is -0.354 e. The van der Waals surface area contributed by atoms with Crippen molar-refractivity contribution >= 4 is 40.5 Å². The highest BCUT2D eigenvalue weighted by Gasteiger charge is 2.21. The quantitative estimate of drug-likeness (QED) is 0.555. The largest absolute Gasteiger partial charge is 0.354 e. The van der Waals surface area contributed by atoms with E-state index in [1.54, 1.807) is 12.1 Å². The fraction of sp³-hybridized carbons (Fsp3) is 0.562. The van der Waals surface area contributed by atoms with Crippen LogP contribution in [0.2, 0.25) is 4.34 Å². The van der Waals surface area contributed by atoms with Crippen molar-refractivity contribution in [1.29, 1.82) is 0 Å². The van der Waals surface area contributed by atoms with Gasteiger partial charge in [-0.1, -0.05) is 24.4 Å². The van der Waals surface area contributed by atoms with Gasteiger partial charge in [0, 0.05) is 31.8 Å². The molecule has 2 rings (SSSR count). The van der Waals surface area contributed by atoms with E-state index in [-0.39, 0.29) is 36.4 Å². The van der Waals surface area contributed by atoms with Crippen LogP contribution < -0.4 is 10.6 Å². The first-order valence-corrected chi connectivity index (χ1v) is 9.08. The Morgan fingerprint density at radius 3 is 2.43 bits per heavy atom. The van der Waals surface area contributed by atoms with E-state index in [1.807, 2.05) is 0 Å². The summed E-state index contributed by atoms with van der Waals surface area (Å²) in [6.45, 7) is 0.811. The number of thiophene rings is 1. The lowest BCUT2D eigenvalue weighted by atomic mass is 10.1. The van der Waals surface area contributed by atoms with Crippen molar-refractivity contribution < 1.29 is 14.4 Å². The Bertz CT molecular complexity index is 567. The first-order chi connectivity index (χ1) is 11.1. The van der Waals surface area contributed by atoms with Crippen LogP contribution in [0.5, 0.6) is 0 Å². The predicted octanol–water partition coefficient (Wildman–Crippen LogP) is 2.79. The van der Waals surface area contributed by atoms with Crippen LogP contribution in [0.15, 0.2) is 12.1 Å². The topological polar surface area (TPSA) is 75.3 Å². The molecule has 1 heterocycles. The Kier molecular flexibility index (Phi) is 7.05. The summed E-state index contributed by atoms with van der Waals surface area (Å²) in [7, 11) is 0. The molecule has 1 fully saturated rings. The van der Waals surface area contributed by atoms with Gasteiger partial charge in [0.1, 0.15) is 0 Å². The monoisotopic (exact) mass is 356 g/mol. The summed E-state index contributed by atoms with van der Waals surface area (Å²) in [5, 5.41) is 5.55. The summed E-state index contributed by atoms with van der Waals surface area (Å²) >= 11 is 7.00. The lowest BCUT2D eigenvalue weighted by Crippen LogP contribution is -2.37. The minimum absolute atomic E-state index is 0.0772. The van der Waals surface area contributed by atoms with Crippen molar-refractivity contribution in [2.75, 3.05) is 13.1 Å². The lowest BCUT2D eigenvalue weighted by Gasteiger charge is -2.10. The number of ketones is 1. The fourth-order valence-corrected chi connectivity index (χ4v) is 3.63. The lowest BCUT2D eigenvalue weighted by molar-refractivity contribution is -0.125. The number of hydrogen-bond acceptors (Lipinski definition) is 4. The highest BCUT2D eigenvalue weighted by molar-refractivity contribution is 7.18. The zero-order chi connectivity index (χ0) is 16.7. The number of carbonyl (C=O) groups is 3. The molecule has 2 N–H and O–H groups in total. The number of halogens is 1. The van der Waals surface area contributed by atoms with E-state index in [2.05, 4.69) is 10.6 Å². The summed E-state index contributed by atoms with van der Waals surface area (Å²) in [5.41, 5.74) is 0. The predicted molar refractivity (Wildman–Crippen MR) is 90.9 cm³/mol. The van der Waals surface area contributed by atoms with Crippen molar-refractivity contribution in [3.05, 3.63) is 21.3 Å². The van der Waals surface area contributed by atoms with E-state index in [4.69, 9.17) is 11.6 Å². The Hall–Kier alpha value is -1.40.